The van der Waals surface area contributed by atoms with Crippen LogP contribution in [0, 0.1) is 0 Å². The number of nitrogens with zero attached hydrogens (tertiary/aromatic N) is 2. The lowest BCUT2D eigenvalue weighted by Gasteiger charge is -1.93. The minimum Gasteiger partial charge on any atom is -0.362 e. The molecule has 0 saturated heterocycles. The van der Waals surface area contributed by atoms with Crippen LogP contribution in [0.15, 0.2) is 20.4 Å². The first-order valence-corrected chi connectivity index (χ1v) is 3.23. The number of hydrogen-bond donors (Lipinski definition) is 1. The van der Waals surface area contributed by atoms with E-state index < -0.39 is 11.2 Å². The first-order chi connectivity index (χ1) is 5.70. The number of aromatic nitrogens is 3. The Kier molecular flexibility index (Phi) is 1.18. The first-order valence-electron chi connectivity index (χ1n) is 3.23. The molecule has 0 aliphatic heterocycles. The molecule has 0 aromatic carbocycles. The van der Waals surface area contributed by atoms with Gasteiger partial charge in [-0.25, -0.2) is 4.79 Å². The zero-order chi connectivity index (χ0) is 8.72. The van der Waals surface area contributed by atoms with Crippen LogP contribution in [0.5, 0.6) is 0 Å². The predicted molar refractivity (Wildman–Crippen MR) is 39.9 cm³/mol. The van der Waals surface area contributed by atoms with Crippen LogP contribution in [0.3, 0.4) is 0 Å². The second-order valence-electron chi connectivity index (χ2n) is 2.37. The van der Waals surface area contributed by atoms with Crippen LogP contribution < -0.4 is 11.2 Å². The summed E-state index contributed by atoms with van der Waals surface area (Å²) < 4.78 is 5.76. The smallest absolute Gasteiger partial charge is 0.329 e. The summed E-state index contributed by atoms with van der Waals surface area (Å²) in [5.41, 5.74) is -0.723. The monoisotopic (exact) mass is 167 g/mol. The maximum atomic E-state index is 11.0. The Morgan fingerprint density at radius 3 is 3.08 bits per heavy atom. The minimum atomic E-state index is -0.499. The van der Waals surface area contributed by atoms with E-state index in [0.29, 0.717) is 0 Å². The number of fused-ring (bicyclic) bond motifs is 1. The van der Waals surface area contributed by atoms with Crippen LogP contribution in [0.4, 0.5) is 0 Å². The molecular weight excluding hydrogens is 162 g/mol. The van der Waals surface area contributed by atoms with Crippen LogP contribution in [-0.2, 0) is 7.05 Å². The zero-order valence-corrected chi connectivity index (χ0v) is 6.20. The summed E-state index contributed by atoms with van der Waals surface area (Å²) in [6, 6.07) is 0. The lowest BCUT2D eigenvalue weighted by atomic mass is 10.4. The lowest BCUT2D eigenvalue weighted by molar-refractivity contribution is 0.424. The number of hydrogen-bond acceptors (Lipinski definition) is 4. The molecule has 62 valence electrons. The van der Waals surface area contributed by atoms with E-state index in [-0.39, 0.29) is 11.0 Å². The number of aromatic amines is 1. The third kappa shape index (κ3) is 0.714. The highest BCUT2D eigenvalue weighted by molar-refractivity contribution is 5.71. The Labute approximate surface area is 65.4 Å². The van der Waals surface area contributed by atoms with E-state index in [1.807, 2.05) is 0 Å². The van der Waals surface area contributed by atoms with Gasteiger partial charge in [0.15, 0.2) is 5.65 Å². The number of nitrogens with one attached hydrogen (secondary N) is 1. The number of H-pyrrole nitrogens is 1. The number of aryl methyl sites for hydroxylation is 1. The second-order valence-corrected chi connectivity index (χ2v) is 2.37. The van der Waals surface area contributed by atoms with Crippen LogP contribution in [-0.4, -0.2) is 14.7 Å². The van der Waals surface area contributed by atoms with Gasteiger partial charge in [-0.3, -0.25) is 14.3 Å². The van der Waals surface area contributed by atoms with E-state index in [4.69, 9.17) is 0 Å². The molecule has 6 nitrogen and oxygen atoms in total. The Bertz CT molecular complexity index is 533. The molecule has 0 spiro atoms. The second kappa shape index (κ2) is 2.07. The van der Waals surface area contributed by atoms with Crippen molar-refractivity contribution in [2.45, 2.75) is 0 Å². The molecule has 0 unspecified atom stereocenters. The molecule has 0 amide bonds. The average molecular weight is 167 g/mol. The maximum Gasteiger partial charge on any atom is 0.329 e. The fraction of sp³-hybridized carbons (Fsp3) is 0.167. The summed E-state index contributed by atoms with van der Waals surface area (Å²) in [6.45, 7) is 0. The first kappa shape index (κ1) is 6.84. The molecular formula is C6H5N3O3. The van der Waals surface area contributed by atoms with Gasteiger partial charge in [0.2, 0.25) is 0 Å². The van der Waals surface area contributed by atoms with Crippen LogP contribution >= 0.6 is 0 Å². The van der Waals surface area contributed by atoms with Gasteiger partial charge >= 0.3 is 5.69 Å². The van der Waals surface area contributed by atoms with Crippen LogP contribution in [0.1, 0.15) is 0 Å². The van der Waals surface area contributed by atoms with Gasteiger partial charge in [0, 0.05) is 7.05 Å². The maximum absolute atomic E-state index is 11.0. The molecule has 0 atom stereocenters. The largest absolute Gasteiger partial charge is 0.362 e. The standard InChI is InChI=1S/C6H5N3O3/c1-9-4-3(2-12-8-4)5(10)7-6(9)11/h2H,1H3,(H,7,10,11). The molecule has 2 heterocycles. The summed E-state index contributed by atoms with van der Waals surface area (Å²) in [4.78, 5) is 24.1. The normalized spacial score (nSPS) is 10.8. The SMILES string of the molecule is Cn1c(=O)[nH]c(=O)c2conc21. The topological polar surface area (TPSA) is 80.9 Å². The van der Waals surface area contributed by atoms with Crippen molar-refractivity contribution >= 4 is 11.0 Å². The van der Waals surface area contributed by atoms with Gasteiger partial charge in [-0.2, -0.15) is 0 Å². The van der Waals surface area contributed by atoms with Crippen molar-refractivity contribution in [3.63, 3.8) is 0 Å². The van der Waals surface area contributed by atoms with E-state index in [1.54, 1.807) is 0 Å². The summed E-state index contributed by atoms with van der Waals surface area (Å²) in [5.74, 6) is 0. The highest BCUT2D eigenvalue weighted by Crippen LogP contribution is 2.00. The summed E-state index contributed by atoms with van der Waals surface area (Å²) >= 11 is 0. The molecule has 12 heavy (non-hydrogen) atoms. The Morgan fingerprint density at radius 2 is 2.33 bits per heavy atom. The van der Waals surface area contributed by atoms with Crippen LogP contribution in [0.25, 0.3) is 11.0 Å². The van der Waals surface area contributed by atoms with Crippen LogP contribution in [0.2, 0.25) is 0 Å². The minimum absolute atomic E-state index is 0.253. The van der Waals surface area contributed by atoms with Crippen molar-refractivity contribution in [3.8, 4) is 0 Å². The van der Waals surface area contributed by atoms with Crippen molar-refractivity contribution in [2.24, 2.45) is 7.05 Å². The van der Waals surface area contributed by atoms with Gasteiger partial charge in [0.1, 0.15) is 11.6 Å². The highest BCUT2D eigenvalue weighted by atomic mass is 16.5. The summed E-state index contributed by atoms with van der Waals surface area (Å²) in [7, 11) is 1.50. The fourth-order valence-corrected chi connectivity index (χ4v) is 0.972. The van der Waals surface area contributed by atoms with Gasteiger partial charge in [-0.1, -0.05) is 5.16 Å². The predicted octanol–water partition coefficient (Wildman–Crippen LogP) is -0.785. The van der Waals surface area contributed by atoms with Gasteiger partial charge in [0.25, 0.3) is 5.56 Å². The molecule has 2 aromatic heterocycles. The van der Waals surface area contributed by atoms with E-state index in [1.165, 1.54) is 17.9 Å². The Hall–Kier alpha value is -1.85. The van der Waals surface area contributed by atoms with Gasteiger partial charge in [0.05, 0.1) is 0 Å². The molecule has 6 heteroatoms. The van der Waals surface area contributed by atoms with Gasteiger partial charge in [-0.05, 0) is 0 Å². The van der Waals surface area contributed by atoms with E-state index in [0.717, 1.165) is 0 Å². The van der Waals surface area contributed by atoms with E-state index in [2.05, 4.69) is 14.7 Å². The highest BCUT2D eigenvalue weighted by Gasteiger charge is 2.06. The van der Waals surface area contributed by atoms with Crippen molar-refractivity contribution in [2.75, 3.05) is 0 Å². The molecule has 0 fully saturated rings. The molecule has 0 aliphatic carbocycles. The van der Waals surface area contributed by atoms with E-state index >= 15 is 0 Å². The zero-order valence-electron chi connectivity index (χ0n) is 6.20. The summed E-state index contributed by atoms with van der Waals surface area (Å²) in [5, 5.41) is 3.78. The molecule has 0 aliphatic rings. The summed E-state index contributed by atoms with van der Waals surface area (Å²) in [6.07, 6.45) is 1.20. The quantitative estimate of drug-likeness (QED) is 0.557. The Balaban J connectivity index is 3.18. The number of rotatable bonds is 0. The fourth-order valence-electron chi connectivity index (χ4n) is 0.972. The van der Waals surface area contributed by atoms with E-state index in [9.17, 15) is 9.59 Å². The molecule has 2 rings (SSSR count). The molecule has 0 saturated carbocycles. The Morgan fingerprint density at radius 1 is 1.58 bits per heavy atom. The lowest BCUT2D eigenvalue weighted by Crippen LogP contribution is -2.27. The van der Waals surface area contributed by atoms with Crippen molar-refractivity contribution in [1.29, 1.82) is 0 Å². The molecule has 0 radical (unpaired) electrons. The third-order valence-electron chi connectivity index (χ3n) is 1.64. The van der Waals surface area contributed by atoms with Gasteiger partial charge in [-0.15, -0.1) is 0 Å². The van der Waals surface area contributed by atoms with Gasteiger partial charge < -0.3 is 4.52 Å². The molecule has 0 bridgehead atoms. The molecule has 2 aromatic rings. The third-order valence-corrected chi connectivity index (χ3v) is 1.64. The van der Waals surface area contributed by atoms with Crippen molar-refractivity contribution < 1.29 is 4.52 Å². The average Bonchev–Trinajstić information content (AvgIpc) is 2.48. The van der Waals surface area contributed by atoms with Crippen molar-refractivity contribution in [3.05, 3.63) is 27.1 Å². The van der Waals surface area contributed by atoms with Crippen molar-refractivity contribution in [1.82, 2.24) is 14.7 Å². The molecule has 1 N–H and O–H groups in total.